The van der Waals surface area contributed by atoms with Crippen LogP contribution in [-0.2, 0) is 0 Å². The molecule has 0 spiro atoms. The summed E-state index contributed by atoms with van der Waals surface area (Å²) in [4.78, 5) is 7.42. The minimum Gasteiger partial charge on any atom is -0.494 e. The van der Waals surface area contributed by atoms with Crippen LogP contribution in [0.3, 0.4) is 0 Å². The summed E-state index contributed by atoms with van der Waals surface area (Å²) in [6.07, 6.45) is 3.62. The first-order chi connectivity index (χ1) is 10.6. The first-order valence-corrected chi connectivity index (χ1v) is 7.54. The fourth-order valence-corrected chi connectivity index (χ4v) is 3.04. The smallest absolute Gasteiger partial charge is 0.142 e. The van der Waals surface area contributed by atoms with Crippen LogP contribution in [-0.4, -0.2) is 16.6 Å². The Kier molecular flexibility index (Phi) is 4.03. The second-order valence-corrected chi connectivity index (χ2v) is 5.45. The number of halogens is 2. The molecule has 1 N–H and O–H groups in total. The van der Waals surface area contributed by atoms with Gasteiger partial charge in [0.2, 0.25) is 0 Å². The quantitative estimate of drug-likeness (QED) is 0.742. The van der Waals surface area contributed by atoms with Crippen molar-refractivity contribution in [2.75, 3.05) is 6.61 Å². The highest BCUT2D eigenvalue weighted by Gasteiger charge is 2.22. The number of fused-ring (bicyclic) bond motifs is 1. The van der Waals surface area contributed by atoms with Gasteiger partial charge in [-0.2, -0.15) is 0 Å². The second-order valence-electron chi connectivity index (χ2n) is 5.07. The van der Waals surface area contributed by atoms with Gasteiger partial charge in [0, 0.05) is 29.3 Å². The van der Waals surface area contributed by atoms with Crippen LogP contribution in [0, 0.1) is 5.82 Å². The Labute approximate surface area is 133 Å². The van der Waals surface area contributed by atoms with E-state index in [9.17, 15) is 4.39 Å². The molecule has 1 atom stereocenters. The number of rotatable bonds is 4. The maximum absolute atomic E-state index is 13.9. The van der Waals surface area contributed by atoms with Crippen LogP contribution in [0.2, 0.25) is 5.02 Å². The third kappa shape index (κ3) is 2.44. The van der Waals surface area contributed by atoms with Crippen molar-refractivity contribution in [3.63, 3.8) is 0 Å². The van der Waals surface area contributed by atoms with Crippen LogP contribution in [0.15, 0.2) is 36.7 Å². The lowest BCUT2D eigenvalue weighted by atomic mass is 9.92. The van der Waals surface area contributed by atoms with Crippen LogP contribution in [0.4, 0.5) is 4.39 Å². The fourth-order valence-electron chi connectivity index (χ4n) is 2.72. The Morgan fingerprint density at radius 1 is 1.36 bits per heavy atom. The number of ether oxygens (including phenoxy) is 1. The standard InChI is InChI=1S/C17H16ClFN2O/c1-3-22-14-7-6-13(19)16(18)15(14)10(2)12-9-21-17-11(12)5-4-8-20-17/h4-10H,3H2,1-2H3,(H,20,21)/t10-/m0/s1. The Balaban J connectivity index is 2.16. The van der Waals surface area contributed by atoms with Crippen molar-refractivity contribution in [1.82, 2.24) is 9.97 Å². The first-order valence-electron chi connectivity index (χ1n) is 7.16. The first kappa shape index (κ1) is 14.9. The van der Waals surface area contributed by atoms with Crippen molar-refractivity contribution in [2.45, 2.75) is 19.8 Å². The van der Waals surface area contributed by atoms with E-state index < -0.39 is 5.82 Å². The molecule has 0 saturated heterocycles. The number of hydrogen-bond donors (Lipinski definition) is 1. The molecule has 3 aromatic rings. The lowest BCUT2D eigenvalue weighted by Crippen LogP contribution is -2.03. The number of hydrogen-bond acceptors (Lipinski definition) is 2. The summed E-state index contributed by atoms with van der Waals surface area (Å²) in [6, 6.07) is 6.82. The summed E-state index contributed by atoms with van der Waals surface area (Å²) in [5.74, 6) is 0.0484. The van der Waals surface area contributed by atoms with E-state index in [4.69, 9.17) is 16.3 Å². The summed E-state index contributed by atoms with van der Waals surface area (Å²) >= 11 is 6.22. The Morgan fingerprint density at radius 3 is 2.95 bits per heavy atom. The van der Waals surface area contributed by atoms with Crippen molar-refractivity contribution in [1.29, 1.82) is 0 Å². The molecule has 0 bridgehead atoms. The molecule has 0 saturated carbocycles. The molecule has 0 aliphatic rings. The van der Waals surface area contributed by atoms with Crippen LogP contribution < -0.4 is 4.74 Å². The van der Waals surface area contributed by atoms with Gasteiger partial charge in [-0.3, -0.25) is 0 Å². The molecule has 1 aromatic carbocycles. The monoisotopic (exact) mass is 318 g/mol. The van der Waals surface area contributed by atoms with Crippen LogP contribution >= 0.6 is 11.6 Å². The molecule has 0 aliphatic heterocycles. The van der Waals surface area contributed by atoms with E-state index in [-0.39, 0.29) is 10.9 Å². The molecule has 3 nitrogen and oxygen atoms in total. The van der Waals surface area contributed by atoms with Gasteiger partial charge in [0.15, 0.2) is 0 Å². The number of benzene rings is 1. The van der Waals surface area contributed by atoms with Gasteiger partial charge in [0.25, 0.3) is 0 Å². The van der Waals surface area contributed by atoms with E-state index in [1.54, 1.807) is 12.3 Å². The zero-order valence-corrected chi connectivity index (χ0v) is 13.1. The summed E-state index contributed by atoms with van der Waals surface area (Å²) in [6.45, 7) is 4.37. The van der Waals surface area contributed by atoms with E-state index in [0.717, 1.165) is 16.6 Å². The van der Waals surface area contributed by atoms with Gasteiger partial charge in [-0.1, -0.05) is 18.5 Å². The Morgan fingerprint density at radius 2 is 2.18 bits per heavy atom. The molecule has 0 unspecified atom stereocenters. The predicted molar refractivity (Wildman–Crippen MR) is 86.2 cm³/mol. The summed E-state index contributed by atoms with van der Waals surface area (Å²) in [5.41, 5.74) is 2.47. The van der Waals surface area contributed by atoms with Gasteiger partial charge in [0.05, 0.1) is 11.6 Å². The molecular weight excluding hydrogens is 303 g/mol. The highest BCUT2D eigenvalue weighted by molar-refractivity contribution is 6.31. The van der Waals surface area contributed by atoms with E-state index in [0.29, 0.717) is 17.9 Å². The highest BCUT2D eigenvalue weighted by atomic mass is 35.5. The molecule has 3 rings (SSSR count). The molecule has 0 amide bonds. The largest absolute Gasteiger partial charge is 0.494 e. The Hall–Kier alpha value is -2.07. The van der Waals surface area contributed by atoms with Gasteiger partial charge in [-0.15, -0.1) is 0 Å². The molecule has 0 aliphatic carbocycles. The van der Waals surface area contributed by atoms with Gasteiger partial charge < -0.3 is 9.72 Å². The van der Waals surface area contributed by atoms with Gasteiger partial charge in [-0.25, -0.2) is 9.37 Å². The zero-order valence-electron chi connectivity index (χ0n) is 12.4. The zero-order chi connectivity index (χ0) is 15.7. The lowest BCUT2D eigenvalue weighted by molar-refractivity contribution is 0.335. The van der Waals surface area contributed by atoms with Crippen molar-refractivity contribution >= 4 is 22.6 Å². The van der Waals surface area contributed by atoms with E-state index in [2.05, 4.69) is 9.97 Å². The molecule has 2 aromatic heterocycles. The second kappa shape index (κ2) is 5.97. The molecule has 2 heterocycles. The minimum atomic E-state index is -0.440. The molecule has 0 fully saturated rings. The third-order valence-electron chi connectivity index (χ3n) is 3.78. The van der Waals surface area contributed by atoms with Gasteiger partial charge >= 0.3 is 0 Å². The van der Waals surface area contributed by atoms with Gasteiger partial charge in [0.1, 0.15) is 17.2 Å². The topological polar surface area (TPSA) is 37.9 Å². The van der Waals surface area contributed by atoms with Crippen LogP contribution in [0.1, 0.15) is 30.9 Å². The maximum Gasteiger partial charge on any atom is 0.142 e. The predicted octanol–water partition coefficient (Wildman–Crippen LogP) is 4.91. The average molecular weight is 319 g/mol. The van der Waals surface area contributed by atoms with Crippen molar-refractivity contribution in [2.24, 2.45) is 0 Å². The number of pyridine rings is 1. The maximum atomic E-state index is 13.9. The molecular formula is C17H16ClFN2O. The third-order valence-corrected chi connectivity index (χ3v) is 4.16. The van der Waals surface area contributed by atoms with E-state index in [1.165, 1.54) is 6.07 Å². The minimum absolute atomic E-state index is 0.108. The molecule has 114 valence electrons. The number of nitrogens with one attached hydrogen (secondary N) is 1. The number of aromatic amines is 1. The Bertz CT molecular complexity index is 816. The van der Waals surface area contributed by atoms with Crippen molar-refractivity contribution in [3.05, 3.63) is 58.6 Å². The SMILES string of the molecule is CCOc1ccc(F)c(Cl)c1[C@@H](C)c1c[nH]c2ncccc12. The number of aromatic nitrogens is 2. The normalized spacial score (nSPS) is 12.5. The van der Waals surface area contributed by atoms with Crippen molar-refractivity contribution in [3.8, 4) is 5.75 Å². The summed E-state index contributed by atoms with van der Waals surface area (Å²) < 4.78 is 19.5. The molecule has 0 radical (unpaired) electrons. The lowest BCUT2D eigenvalue weighted by Gasteiger charge is -2.18. The van der Waals surface area contributed by atoms with E-state index >= 15 is 0 Å². The fraction of sp³-hybridized carbons (Fsp3) is 0.235. The molecule has 5 heteroatoms. The highest BCUT2D eigenvalue weighted by Crippen LogP contribution is 2.40. The van der Waals surface area contributed by atoms with Crippen LogP contribution in [0.25, 0.3) is 11.0 Å². The summed E-state index contributed by atoms with van der Waals surface area (Å²) in [7, 11) is 0. The van der Waals surface area contributed by atoms with Gasteiger partial charge in [-0.05, 0) is 36.8 Å². The summed E-state index contributed by atoms with van der Waals surface area (Å²) in [5, 5.41) is 1.11. The average Bonchev–Trinajstić information content (AvgIpc) is 2.95. The number of nitrogens with zero attached hydrogens (tertiary/aromatic N) is 1. The number of H-pyrrole nitrogens is 1. The van der Waals surface area contributed by atoms with Crippen molar-refractivity contribution < 1.29 is 9.13 Å². The van der Waals surface area contributed by atoms with Crippen LogP contribution in [0.5, 0.6) is 5.75 Å². The van der Waals surface area contributed by atoms with E-state index in [1.807, 2.05) is 32.2 Å². The molecule has 22 heavy (non-hydrogen) atoms.